The Hall–Kier alpha value is -0.630. The minimum atomic E-state index is 0.659. The van der Waals surface area contributed by atoms with Gasteiger partial charge < -0.3 is 4.90 Å². The van der Waals surface area contributed by atoms with Crippen molar-refractivity contribution in [1.82, 2.24) is 4.90 Å². The molecular formula is C10H16N2. The van der Waals surface area contributed by atoms with E-state index in [-0.39, 0.29) is 0 Å². The quantitative estimate of drug-likeness (QED) is 0.614. The van der Waals surface area contributed by atoms with Crippen molar-refractivity contribution in [2.75, 3.05) is 20.6 Å². The van der Waals surface area contributed by atoms with E-state index >= 15 is 0 Å². The van der Waals surface area contributed by atoms with Crippen LogP contribution in [0.3, 0.4) is 0 Å². The van der Waals surface area contributed by atoms with E-state index in [1.54, 1.807) is 0 Å². The van der Waals surface area contributed by atoms with E-state index < -0.39 is 0 Å². The van der Waals surface area contributed by atoms with Gasteiger partial charge in [0.1, 0.15) is 0 Å². The third kappa shape index (κ3) is 1.75. The summed E-state index contributed by atoms with van der Waals surface area (Å²) in [5, 5.41) is 0. The Balaban J connectivity index is 1.84. The summed E-state index contributed by atoms with van der Waals surface area (Å²) < 4.78 is 0. The molecule has 0 N–H and O–H groups in total. The van der Waals surface area contributed by atoms with Gasteiger partial charge in [0.15, 0.2) is 0 Å². The number of hydrogen-bond acceptors (Lipinski definition) is 2. The number of nitrogens with zero attached hydrogens (tertiary/aromatic N) is 2. The summed E-state index contributed by atoms with van der Waals surface area (Å²) in [6.07, 6.45) is 6.93. The van der Waals surface area contributed by atoms with Crippen LogP contribution in [-0.4, -0.2) is 37.3 Å². The van der Waals surface area contributed by atoms with E-state index in [2.05, 4.69) is 36.1 Å². The van der Waals surface area contributed by atoms with Gasteiger partial charge in [0, 0.05) is 24.6 Å². The highest BCUT2D eigenvalue weighted by molar-refractivity contribution is 5.96. The molecule has 1 aliphatic heterocycles. The highest BCUT2D eigenvalue weighted by atomic mass is 15.0. The van der Waals surface area contributed by atoms with Crippen molar-refractivity contribution < 1.29 is 0 Å². The van der Waals surface area contributed by atoms with Crippen molar-refractivity contribution >= 4 is 5.71 Å². The molecule has 0 radical (unpaired) electrons. The van der Waals surface area contributed by atoms with Gasteiger partial charge in [-0.3, -0.25) is 4.99 Å². The van der Waals surface area contributed by atoms with Crippen molar-refractivity contribution in [2.24, 2.45) is 10.9 Å². The molecule has 1 aliphatic carbocycles. The zero-order chi connectivity index (χ0) is 8.55. The first kappa shape index (κ1) is 7.99. The van der Waals surface area contributed by atoms with Crippen molar-refractivity contribution in [3.05, 3.63) is 12.2 Å². The number of dihydropyridines is 1. The Labute approximate surface area is 74.0 Å². The molecule has 0 spiro atoms. The van der Waals surface area contributed by atoms with E-state index in [9.17, 15) is 0 Å². The Kier molecular flexibility index (Phi) is 2.01. The summed E-state index contributed by atoms with van der Waals surface area (Å²) in [5.41, 5.74) is 1.29. The molecule has 12 heavy (non-hydrogen) atoms. The number of hydrogen-bond donors (Lipinski definition) is 0. The smallest absolute Gasteiger partial charge is 0.0572 e. The van der Waals surface area contributed by atoms with Crippen molar-refractivity contribution in [3.8, 4) is 0 Å². The number of rotatable bonds is 3. The molecule has 2 unspecified atom stereocenters. The lowest BCUT2D eigenvalue weighted by molar-refractivity contribution is 0.422. The van der Waals surface area contributed by atoms with E-state index in [0.717, 1.165) is 18.9 Å². The second kappa shape index (κ2) is 3.02. The van der Waals surface area contributed by atoms with Crippen LogP contribution in [0.1, 0.15) is 12.8 Å². The largest absolute Gasteiger partial charge is 0.309 e. The predicted molar refractivity (Wildman–Crippen MR) is 51.6 cm³/mol. The molecule has 1 heterocycles. The molecule has 0 bridgehead atoms. The van der Waals surface area contributed by atoms with Crippen LogP contribution in [0.4, 0.5) is 0 Å². The summed E-state index contributed by atoms with van der Waals surface area (Å²) in [4.78, 5) is 6.84. The van der Waals surface area contributed by atoms with Crippen LogP contribution < -0.4 is 0 Å². The first-order valence-electron chi connectivity index (χ1n) is 4.65. The van der Waals surface area contributed by atoms with Crippen LogP contribution in [0.15, 0.2) is 17.1 Å². The van der Waals surface area contributed by atoms with Gasteiger partial charge in [-0.2, -0.15) is 0 Å². The summed E-state index contributed by atoms with van der Waals surface area (Å²) in [6, 6.07) is 0.659. The van der Waals surface area contributed by atoms with E-state index in [1.807, 2.05) is 0 Å². The summed E-state index contributed by atoms with van der Waals surface area (Å²) >= 11 is 0. The van der Waals surface area contributed by atoms with Crippen LogP contribution in [0.25, 0.3) is 0 Å². The molecule has 0 aromatic carbocycles. The molecule has 1 fully saturated rings. The zero-order valence-electron chi connectivity index (χ0n) is 7.83. The fraction of sp³-hybridized carbons (Fsp3) is 0.700. The molecule has 2 rings (SSSR count). The topological polar surface area (TPSA) is 15.6 Å². The monoisotopic (exact) mass is 164 g/mol. The SMILES string of the molecule is CN(C)CCC1=NC2CC2C=C1. The van der Waals surface area contributed by atoms with E-state index in [4.69, 9.17) is 0 Å². The van der Waals surface area contributed by atoms with Gasteiger partial charge in [-0.25, -0.2) is 0 Å². The molecule has 1 saturated carbocycles. The summed E-state index contributed by atoms with van der Waals surface area (Å²) in [7, 11) is 4.21. The maximum atomic E-state index is 4.63. The predicted octanol–water partition coefficient (Wildman–Crippen LogP) is 1.34. The molecule has 0 amide bonds. The van der Waals surface area contributed by atoms with Gasteiger partial charge >= 0.3 is 0 Å². The number of fused-ring (bicyclic) bond motifs is 1. The van der Waals surface area contributed by atoms with Gasteiger partial charge in [0.2, 0.25) is 0 Å². The second-order valence-electron chi connectivity index (χ2n) is 4.00. The average Bonchev–Trinajstić information content (AvgIpc) is 2.78. The maximum Gasteiger partial charge on any atom is 0.0572 e. The van der Waals surface area contributed by atoms with Gasteiger partial charge in [-0.15, -0.1) is 0 Å². The van der Waals surface area contributed by atoms with Crippen molar-refractivity contribution in [3.63, 3.8) is 0 Å². The molecule has 2 atom stereocenters. The van der Waals surface area contributed by atoms with Crippen LogP contribution in [0, 0.1) is 5.92 Å². The van der Waals surface area contributed by atoms with Crippen LogP contribution in [-0.2, 0) is 0 Å². The second-order valence-corrected chi connectivity index (χ2v) is 4.00. The van der Waals surface area contributed by atoms with Gasteiger partial charge in [0.05, 0.1) is 6.04 Å². The maximum absolute atomic E-state index is 4.63. The molecule has 0 aromatic rings. The third-order valence-electron chi connectivity index (χ3n) is 2.49. The fourth-order valence-corrected chi connectivity index (χ4v) is 1.53. The third-order valence-corrected chi connectivity index (χ3v) is 2.49. The lowest BCUT2D eigenvalue weighted by atomic mass is 10.2. The minimum Gasteiger partial charge on any atom is -0.309 e. The number of aliphatic imine (C=N–C) groups is 1. The number of allylic oxidation sites excluding steroid dienone is 1. The van der Waals surface area contributed by atoms with Gasteiger partial charge in [0.25, 0.3) is 0 Å². The lowest BCUT2D eigenvalue weighted by Gasteiger charge is -2.10. The Morgan fingerprint density at radius 3 is 3.08 bits per heavy atom. The van der Waals surface area contributed by atoms with Crippen LogP contribution in [0.2, 0.25) is 0 Å². The van der Waals surface area contributed by atoms with E-state index in [0.29, 0.717) is 6.04 Å². The molecule has 2 nitrogen and oxygen atoms in total. The standard InChI is InChI=1S/C10H16N2/c1-12(2)6-5-9-4-3-8-7-10(8)11-9/h3-4,8,10H,5-7H2,1-2H3. The molecule has 2 heteroatoms. The highest BCUT2D eigenvalue weighted by Crippen LogP contribution is 2.37. The normalized spacial score (nSPS) is 31.8. The van der Waals surface area contributed by atoms with Crippen LogP contribution in [0.5, 0.6) is 0 Å². The molecule has 2 aliphatic rings. The van der Waals surface area contributed by atoms with Crippen molar-refractivity contribution in [1.29, 1.82) is 0 Å². The zero-order valence-corrected chi connectivity index (χ0v) is 7.83. The molecule has 66 valence electrons. The summed E-state index contributed by atoms with van der Waals surface area (Å²) in [6.45, 7) is 1.11. The highest BCUT2D eigenvalue weighted by Gasteiger charge is 2.36. The van der Waals surface area contributed by atoms with Gasteiger partial charge in [-0.05, 0) is 26.6 Å². The minimum absolute atomic E-state index is 0.659. The Morgan fingerprint density at radius 1 is 1.58 bits per heavy atom. The molecule has 0 aromatic heterocycles. The first-order chi connectivity index (χ1) is 5.75. The van der Waals surface area contributed by atoms with E-state index in [1.165, 1.54) is 12.1 Å². The lowest BCUT2D eigenvalue weighted by Crippen LogP contribution is -2.16. The molecule has 0 saturated heterocycles. The summed E-state index contributed by atoms with van der Waals surface area (Å²) in [5.74, 6) is 0.799. The Morgan fingerprint density at radius 2 is 2.42 bits per heavy atom. The average molecular weight is 164 g/mol. The van der Waals surface area contributed by atoms with Crippen LogP contribution >= 0.6 is 0 Å². The van der Waals surface area contributed by atoms with Crippen molar-refractivity contribution in [2.45, 2.75) is 18.9 Å². The molecular weight excluding hydrogens is 148 g/mol. The van der Waals surface area contributed by atoms with Gasteiger partial charge in [-0.1, -0.05) is 6.08 Å². The fourth-order valence-electron chi connectivity index (χ4n) is 1.53. The first-order valence-corrected chi connectivity index (χ1v) is 4.65. The Bertz CT molecular complexity index is 228.